The highest BCUT2D eigenvalue weighted by molar-refractivity contribution is 5.33. The third-order valence-corrected chi connectivity index (χ3v) is 5.18. The van der Waals surface area contributed by atoms with Crippen molar-refractivity contribution in [2.24, 2.45) is 11.8 Å². The van der Waals surface area contributed by atoms with Crippen LogP contribution in [0.4, 0.5) is 0 Å². The van der Waals surface area contributed by atoms with E-state index in [1.54, 1.807) is 11.1 Å². The summed E-state index contributed by atoms with van der Waals surface area (Å²) >= 11 is 0. The summed E-state index contributed by atoms with van der Waals surface area (Å²) in [7, 11) is 0. The van der Waals surface area contributed by atoms with E-state index in [9.17, 15) is 0 Å². The molecule has 0 radical (unpaired) electrons. The molecule has 1 saturated heterocycles. The van der Waals surface area contributed by atoms with Crippen molar-refractivity contribution < 1.29 is 0 Å². The number of benzene rings is 1. The molecule has 1 nitrogen and oxygen atoms in total. The molecule has 0 bridgehead atoms. The zero-order valence-corrected chi connectivity index (χ0v) is 11.5. The van der Waals surface area contributed by atoms with Crippen LogP contribution in [0.15, 0.2) is 24.3 Å². The highest BCUT2D eigenvalue weighted by Crippen LogP contribution is 2.41. The lowest BCUT2D eigenvalue weighted by atomic mass is 9.70. The molecule has 2 unspecified atom stereocenters. The van der Waals surface area contributed by atoms with Gasteiger partial charge in [-0.15, -0.1) is 0 Å². The Morgan fingerprint density at radius 1 is 1.11 bits per heavy atom. The lowest BCUT2D eigenvalue weighted by Crippen LogP contribution is -2.33. The molecule has 1 aliphatic heterocycles. The molecule has 1 aliphatic carbocycles. The Morgan fingerprint density at radius 3 is 2.72 bits per heavy atom. The third kappa shape index (κ3) is 2.33. The molecule has 0 spiro atoms. The average Bonchev–Trinajstić information content (AvgIpc) is 2.47. The molecular formula is C17H25N. The van der Waals surface area contributed by atoms with Crippen LogP contribution in [0.2, 0.25) is 0 Å². The molecular weight excluding hydrogens is 218 g/mol. The fraction of sp³-hybridized carbons (Fsp3) is 0.647. The number of hydrogen-bond donors (Lipinski definition) is 1. The predicted octanol–water partition coefficient (Wildman–Crippen LogP) is 3.74. The van der Waals surface area contributed by atoms with Crippen LogP contribution in [0.25, 0.3) is 0 Å². The van der Waals surface area contributed by atoms with Crippen molar-refractivity contribution in [1.29, 1.82) is 0 Å². The Bertz CT molecular complexity index is 392. The smallest absolute Gasteiger partial charge is 0.00462 e. The molecule has 0 aromatic heterocycles. The van der Waals surface area contributed by atoms with E-state index < -0.39 is 0 Å². The minimum atomic E-state index is 0.818. The first-order chi connectivity index (χ1) is 8.86. The quantitative estimate of drug-likeness (QED) is 0.834. The third-order valence-electron chi connectivity index (χ3n) is 5.18. The van der Waals surface area contributed by atoms with E-state index in [-0.39, 0.29) is 0 Å². The van der Waals surface area contributed by atoms with Crippen molar-refractivity contribution in [3.8, 4) is 0 Å². The molecule has 18 heavy (non-hydrogen) atoms. The molecule has 2 atom stereocenters. The summed E-state index contributed by atoms with van der Waals surface area (Å²) in [6.07, 6.45) is 6.84. The van der Waals surface area contributed by atoms with Crippen molar-refractivity contribution in [3.63, 3.8) is 0 Å². The number of hydrogen-bond acceptors (Lipinski definition) is 1. The molecule has 0 amide bonds. The SMILES string of the molecule is CC(C1CCNCC1)C1CCCc2ccccc21. The van der Waals surface area contributed by atoms with E-state index in [2.05, 4.69) is 36.5 Å². The van der Waals surface area contributed by atoms with E-state index in [0.717, 1.165) is 17.8 Å². The first-order valence-corrected chi connectivity index (χ1v) is 7.65. The zero-order valence-electron chi connectivity index (χ0n) is 11.5. The maximum Gasteiger partial charge on any atom is -0.00462 e. The second-order valence-corrected chi connectivity index (χ2v) is 6.14. The Balaban J connectivity index is 1.80. The molecule has 1 aromatic carbocycles. The van der Waals surface area contributed by atoms with Crippen LogP contribution in [-0.2, 0) is 6.42 Å². The van der Waals surface area contributed by atoms with Gasteiger partial charge in [-0.1, -0.05) is 31.2 Å². The van der Waals surface area contributed by atoms with Gasteiger partial charge in [-0.3, -0.25) is 0 Å². The van der Waals surface area contributed by atoms with Crippen molar-refractivity contribution in [2.75, 3.05) is 13.1 Å². The van der Waals surface area contributed by atoms with Gasteiger partial charge in [0.2, 0.25) is 0 Å². The van der Waals surface area contributed by atoms with E-state index in [1.165, 1.54) is 45.2 Å². The van der Waals surface area contributed by atoms with E-state index in [0.29, 0.717) is 0 Å². The number of piperidine rings is 1. The Labute approximate surface area is 111 Å². The fourth-order valence-corrected chi connectivity index (χ4v) is 4.04. The average molecular weight is 243 g/mol. The van der Waals surface area contributed by atoms with E-state index in [1.807, 2.05) is 0 Å². The lowest BCUT2D eigenvalue weighted by Gasteiger charge is -2.37. The zero-order chi connectivity index (χ0) is 12.4. The Morgan fingerprint density at radius 2 is 1.89 bits per heavy atom. The first-order valence-electron chi connectivity index (χ1n) is 7.65. The topological polar surface area (TPSA) is 12.0 Å². The molecule has 1 heterocycles. The van der Waals surface area contributed by atoms with Gasteiger partial charge in [0.1, 0.15) is 0 Å². The normalized spacial score (nSPS) is 26.6. The predicted molar refractivity (Wildman–Crippen MR) is 76.9 cm³/mol. The molecule has 98 valence electrons. The maximum atomic E-state index is 3.49. The maximum absolute atomic E-state index is 3.49. The molecule has 0 saturated carbocycles. The molecule has 1 heteroatoms. The van der Waals surface area contributed by atoms with Crippen LogP contribution in [-0.4, -0.2) is 13.1 Å². The molecule has 1 aromatic rings. The van der Waals surface area contributed by atoms with Gasteiger partial charge in [0.15, 0.2) is 0 Å². The standard InChI is InChI=1S/C17H25N/c1-13(14-9-11-18-12-10-14)16-8-4-6-15-5-2-3-7-17(15)16/h2-3,5,7,13-14,16,18H,4,6,8-12H2,1H3. The van der Waals surface area contributed by atoms with Crippen molar-refractivity contribution in [1.82, 2.24) is 5.32 Å². The van der Waals surface area contributed by atoms with Crippen molar-refractivity contribution in [2.45, 2.75) is 44.9 Å². The summed E-state index contributed by atoms with van der Waals surface area (Å²) in [5.74, 6) is 2.61. The van der Waals surface area contributed by atoms with Crippen LogP contribution in [0.1, 0.15) is 49.7 Å². The number of nitrogens with one attached hydrogen (secondary N) is 1. The molecule has 2 aliphatic rings. The van der Waals surface area contributed by atoms with Gasteiger partial charge in [0.25, 0.3) is 0 Å². The number of aryl methyl sites for hydroxylation is 1. The van der Waals surface area contributed by atoms with Gasteiger partial charge >= 0.3 is 0 Å². The summed E-state index contributed by atoms with van der Waals surface area (Å²) in [5, 5.41) is 3.49. The van der Waals surface area contributed by atoms with Gasteiger partial charge in [-0.25, -0.2) is 0 Å². The van der Waals surface area contributed by atoms with Crippen LogP contribution < -0.4 is 5.32 Å². The Hall–Kier alpha value is -0.820. The first kappa shape index (κ1) is 12.2. The van der Waals surface area contributed by atoms with Gasteiger partial charge in [0, 0.05) is 0 Å². The minimum Gasteiger partial charge on any atom is -0.317 e. The highest BCUT2D eigenvalue weighted by atomic mass is 14.9. The van der Waals surface area contributed by atoms with Gasteiger partial charge < -0.3 is 5.32 Å². The second-order valence-electron chi connectivity index (χ2n) is 6.14. The monoisotopic (exact) mass is 243 g/mol. The van der Waals surface area contributed by atoms with Gasteiger partial charge in [-0.2, -0.15) is 0 Å². The minimum absolute atomic E-state index is 0.818. The summed E-state index contributed by atoms with van der Waals surface area (Å²) in [6.45, 7) is 4.95. The summed E-state index contributed by atoms with van der Waals surface area (Å²) in [6, 6.07) is 9.16. The van der Waals surface area contributed by atoms with Crippen LogP contribution in [0, 0.1) is 11.8 Å². The number of fused-ring (bicyclic) bond motifs is 1. The Kier molecular flexibility index (Phi) is 3.69. The molecule has 1 N–H and O–H groups in total. The summed E-state index contributed by atoms with van der Waals surface area (Å²) in [4.78, 5) is 0. The summed E-state index contributed by atoms with van der Waals surface area (Å²) < 4.78 is 0. The number of rotatable bonds is 2. The van der Waals surface area contributed by atoms with Crippen molar-refractivity contribution >= 4 is 0 Å². The van der Waals surface area contributed by atoms with Crippen LogP contribution in [0.5, 0.6) is 0 Å². The van der Waals surface area contributed by atoms with Gasteiger partial charge in [-0.05, 0) is 74.1 Å². The molecule has 3 rings (SSSR count). The van der Waals surface area contributed by atoms with Crippen LogP contribution >= 0.6 is 0 Å². The van der Waals surface area contributed by atoms with E-state index in [4.69, 9.17) is 0 Å². The lowest BCUT2D eigenvalue weighted by molar-refractivity contribution is 0.228. The summed E-state index contributed by atoms with van der Waals surface area (Å²) in [5.41, 5.74) is 3.28. The second kappa shape index (κ2) is 5.44. The highest BCUT2D eigenvalue weighted by Gasteiger charge is 2.30. The largest absolute Gasteiger partial charge is 0.317 e. The van der Waals surface area contributed by atoms with E-state index >= 15 is 0 Å². The van der Waals surface area contributed by atoms with Gasteiger partial charge in [0.05, 0.1) is 0 Å². The van der Waals surface area contributed by atoms with Crippen molar-refractivity contribution in [3.05, 3.63) is 35.4 Å². The fourth-order valence-electron chi connectivity index (χ4n) is 4.04. The molecule has 1 fully saturated rings. The van der Waals surface area contributed by atoms with Crippen LogP contribution in [0.3, 0.4) is 0 Å².